The van der Waals surface area contributed by atoms with Crippen LogP contribution in [0.25, 0.3) is 0 Å². The van der Waals surface area contributed by atoms with Gasteiger partial charge in [0.2, 0.25) is 0 Å². The van der Waals surface area contributed by atoms with E-state index < -0.39 is 0 Å². The molecule has 1 aliphatic heterocycles. The number of aromatic nitrogens is 2. The highest BCUT2D eigenvalue weighted by Gasteiger charge is 2.17. The van der Waals surface area contributed by atoms with Gasteiger partial charge in [-0.3, -0.25) is 10.00 Å². The molecule has 0 aromatic carbocycles. The number of nitrogens with one attached hydrogen (secondary N) is 2. The fraction of sp³-hybridized carbons (Fsp3) is 0.667. The molecule has 2 rings (SSSR count). The van der Waals surface area contributed by atoms with Gasteiger partial charge >= 0.3 is 0 Å². The number of H-pyrrole nitrogens is 1. The van der Waals surface area contributed by atoms with Crippen LogP contribution in [0.3, 0.4) is 0 Å². The minimum Gasteiger partial charge on any atom is -0.314 e. The molecule has 2 N–H and O–H groups in total. The molecule has 1 saturated heterocycles. The van der Waals surface area contributed by atoms with Crippen molar-refractivity contribution in [3.63, 3.8) is 0 Å². The van der Waals surface area contributed by atoms with E-state index in [0.29, 0.717) is 6.04 Å². The van der Waals surface area contributed by atoms with Crippen LogP contribution in [0, 0.1) is 0 Å². The molecule has 0 bridgehead atoms. The Labute approximate surface area is 78.3 Å². The number of hydrogen-bond donors (Lipinski definition) is 2. The van der Waals surface area contributed by atoms with Crippen LogP contribution in [0.5, 0.6) is 0 Å². The van der Waals surface area contributed by atoms with Crippen molar-refractivity contribution in [2.45, 2.75) is 19.5 Å². The Morgan fingerprint density at radius 2 is 2.62 bits per heavy atom. The summed E-state index contributed by atoms with van der Waals surface area (Å²) < 4.78 is 0. The minimum atomic E-state index is 0.628. The second kappa shape index (κ2) is 3.89. The third-order valence-electron chi connectivity index (χ3n) is 2.58. The summed E-state index contributed by atoms with van der Waals surface area (Å²) in [5.41, 5.74) is 1.27. The lowest BCUT2D eigenvalue weighted by Gasteiger charge is -2.33. The zero-order chi connectivity index (χ0) is 9.10. The third-order valence-corrected chi connectivity index (χ3v) is 2.58. The van der Waals surface area contributed by atoms with Gasteiger partial charge in [0, 0.05) is 44.0 Å². The number of aromatic amines is 1. The molecule has 1 aromatic rings. The summed E-state index contributed by atoms with van der Waals surface area (Å²) >= 11 is 0. The zero-order valence-corrected chi connectivity index (χ0v) is 7.95. The molecule has 13 heavy (non-hydrogen) atoms. The molecule has 72 valence electrons. The van der Waals surface area contributed by atoms with E-state index in [4.69, 9.17) is 0 Å². The van der Waals surface area contributed by atoms with Gasteiger partial charge in [-0.2, -0.15) is 5.10 Å². The fourth-order valence-corrected chi connectivity index (χ4v) is 1.72. The first-order chi connectivity index (χ1) is 6.36. The molecule has 1 aliphatic rings. The van der Waals surface area contributed by atoms with E-state index in [9.17, 15) is 0 Å². The molecule has 4 nitrogen and oxygen atoms in total. The van der Waals surface area contributed by atoms with E-state index in [-0.39, 0.29) is 0 Å². The standard InChI is InChI=1S/C9H16N4/c1-8-4-10-2-3-13(8)7-9-5-11-12-6-9/h5-6,8,10H,2-4,7H2,1H3,(H,11,12). The Balaban J connectivity index is 1.93. The van der Waals surface area contributed by atoms with Gasteiger partial charge in [0.05, 0.1) is 6.20 Å². The summed E-state index contributed by atoms with van der Waals surface area (Å²) in [6.07, 6.45) is 3.86. The molecule has 4 heteroatoms. The molecule has 1 unspecified atom stereocenters. The largest absolute Gasteiger partial charge is 0.314 e. The van der Waals surface area contributed by atoms with Crippen LogP contribution >= 0.6 is 0 Å². The second-order valence-corrected chi connectivity index (χ2v) is 3.63. The van der Waals surface area contributed by atoms with Gasteiger partial charge in [0.15, 0.2) is 0 Å². The molecule has 0 aliphatic carbocycles. The highest BCUT2D eigenvalue weighted by molar-refractivity contribution is 5.02. The van der Waals surface area contributed by atoms with Crippen molar-refractivity contribution in [2.24, 2.45) is 0 Å². The summed E-state index contributed by atoms with van der Waals surface area (Å²) in [5, 5.41) is 10.2. The Morgan fingerprint density at radius 3 is 3.31 bits per heavy atom. The molecule has 0 saturated carbocycles. The first-order valence-electron chi connectivity index (χ1n) is 4.78. The van der Waals surface area contributed by atoms with Gasteiger partial charge in [-0.15, -0.1) is 0 Å². The Kier molecular flexibility index (Phi) is 2.61. The van der Waals surface area contributed by atoms with Gasteiger partial charge in [0.25, 0.3) is 0 Å². The van der Waals surface area contributed by atoms with E-state index in [1.165, 1.54) is 5.56 Å². The highest BCUT2D eigenvalue weighted by atomic mass is 15.2. The molecule has 1 fully saturated rings. The lowest BCUT2D eigenvalue weighted by Crippen LogP contribution is -2.49. The van der Waals surface area contributed by atoms with Crippen molar-refractivity contribution in [1.82, 2.24) is 20.4 Å². The van der Waals surface area contributed by atoms with Gasteiger partial charge in [-0.1, -0.05) is 0 Å². The van der Waals surface area contributed by atoms with E-state index in [1.807, 2.05) is 12.4 Å². The lowest BCUT2D eigenvalue weighted by molar-refractivity contribution is 0.165. The average molecular weight is 180 g/mol. The van der Waals surface area contributed by atoms with E-state index >= 15 is 0 Å². The van der Waals surface area contributed by atoms with Crippen LogP contribution in [0.4, 0.5) is 0 Å². The summed E-state index contributed by atoms with van der Waals surface area (Å²) in [6, 6.07) is 0.628. The minimum absolute atomic E-state index is 0.628. The van der Waals surface area contributed by atoms with Crippen molar-refractivity contribution in [3.8, 4) is 0 Å². The predicted octanol–water partition coefficient (Wildman–Crippen LogP) is 0.203. The van der Waals surface area contributed by atoms with Gasteiger partial charge in [-0.05, 0) is 6.92 Å². The first kappa shape index (κ1) is 8.72. The Morgan fingerprint density at radius 1 is 1.69 bits per heavy atom. The summed E-state index contributed by atoms with van der Waals surface area (Å²) in [5.74, 6) is 0. The highest BCUT2D eigenvalue weighted by Crippen LogP contribution is 2.07. The van der Waals surface area contributed by atoms with Crippen molar-refractivity contribution < 1.29 is 0 Å². The Hall–Kier alpha value is -0.870. The Bertz CT molecular complexity index is 244. The van der Waals surface area contributed by atoms with Crippen LogP contribution in [0.2, 0.25) is 0 Å². The predicted molar refractivity (Wildman–Crippen MR) is 51.3 cm³/mol. The van der Waals surface area contributed by atoms with Gasteiger partial charge in [0.1, 0.15) is 0 Å². The quantitative estimate of drug-likeness (QED) is 0.683. The summed E-state index contributed by atoms with van der Waals surface area (Å²) in [6.45, 7) is 6.60. The van der Waals surface area contributed by atoms with Gasteiger partial charge in [-0.25, -0.2) is 0 Å². The van der Waals surface area contributed by atoms with Crippen molar-refractivity contribution in [3.05, 3.63) is 18.0 Å². The molecule has 1 atom stereocenters. The maximum absolute atomic E-state index is 3.95. The fourth-order valence-electron chi connectivity index (χ4n) is 1.72. The van der Waals surface area contributed by atoms with Crippen LogP contribution in [0.1, 0.15) is 12.5 Å². The molecule has 0 radical (unpaired) electrons. The molecule has 1 aromatic heterocycles. The molecule has 2 heterocycles. The van der Waals surface area contributed by atoms with Crippen molar-refractivity contribution in [2.75, 3.05) is 19.6 Å². The lowest BCUT2D eigenvalue weighted by atomic mass is 10.2. The average Bonchev–Trinajstić information content (AvgIpc) is 2.61. The number of hydrogen-bond acceptors (Lipinski definition) is 3. The van der Waals surface area contributed by atoms with Gasteiger partial charge < -0.3 is 5.32 Å². The van der Waals surface area contributed by atoms with Crippen LogP contribution in [0.15, 0.2) is 12.4 Å². The van der Waals surface area contributed by atoms with Crippen molar-refractivity contribution in [1.29, 1.82) is 0 Å². The van der Waals surface area contributed by atoms with Crippen molar-refractivity contribution >= 4 is 0 Å². The normalized spacial score (nSPS) is 24.8. The van der Waals surface area contributed by atoms with E-state index in [1.54, 1.807) is 0 Å². The first-order valence-corrected chi connectivity index (χ1v) is 4.78. The smallest absolute Gasteiger partial charge is 0.0532 e. The molecule has 0 amide bonds. The van der Waals surface area contributed by atoms with Crippen LogP contribution in [-0.2, 0) is 6.54 Å². The van der Waals surface area contributed by atoms with Crippen LogP contribution in [-0.4, -0.2) is 40.8 Å². The number of rotatable bonds is 2. The summed E-state index contributed by atoms with van der Waals surface area (Å²) in [7, 11) is 0. The maximum atomic E-state index is 3.95. The maximum Gasteiger partial charge on any atom is 0.0532 e. The molecular formula is C9H16N4. The number of nitrogens with zero attached hydrogens (tertiary/aromatic N) is 2. The van der Waals surface area contributed by atoms with Crippen LogP contribution < -0.4 is 5.32 Å². The second-order valence-electron chi connectivity index (χ2n) is 3.63. The number of piperazine rings is 1. The molecule has 0 spiro atoms. The molecular weight excluding hydrogens is 164 g/mol. The SMILES string of the molecule is CC1CNCCN1Cc1cn[nH]c1. The summed E-state index contributed by atoms with van der Waals surface area (Å²) in [4.78, 5) is 2.47. The van der Waals surface area contributed by atoms with E-state index in [0.717, 1.165) is 26.2 Å². The van der Waals surface area contributed by atoms with E-state index in [2.05, 4.69) is 27.3 Å². The zero-order valence-electron chi connectivity index (χ0n) is 7.95. The topological polar surface area (TPSA) is 44.0 Å². The third kappa shape index (κ3) is 2.08. The monoisotopic (exact) mass is 180 g/mol.